The highest BCUT2D eigenvalue weighted by Gasteiger charge is 2.15. The van der Waals surface area contributed by atoms with E-state index in [0.717, 1.165) is 3.57 Å². The van der Waals surface area contributed by atoms with Gasteiger partial charge in [-0.2, -0.15) is 0 Å². The topological polar surface area (TPSA) is 78.4 Å². The number of carbonyl (C=O) groups excluding carboxylic acids is 2. The lowest BCUT2D eigenvalue weighted by atomic mass is 10.3. The number of anilines is 2. The lowest BCUT2D eigenvalue weighted by Crippen LogP contribution is -2.29. The molecule has 3 N–H and O–H groups in total. The molecular weight excluding hydrogens is 371 g/mol. The van der Waals surface area contributed by atoms with Crippen LogP contribution < -0.4 is 10.6 Å². The normalized spacial score (nSPS) is 9.85. The molecule has 0 aliphatic heterocycles. The highest BCUT2D eigenvalue weighted by molar-refractivity contribution is 14.1. The van der Waals surface area contributed by atoms with Crippen LogP contribution in [0, 0.1) is 3.57 Å². The first-order chi connectivity index (χ1) is 9.56. The Morgan fingerprint density at radius 1 is 0.900 bits per heavy atom. The van der Waals surface area contributed by atoms with Crippen molar-refractivity contribution in [1.29, 1.82) is 0 Å². The van der Waals surface area contributed by atoms with E-state index in [1.54, 1.807) is 24.3 Å². The lowest BCUT2D eigenvalue weighted by molar-refractivity contribution is -0.133. The molecule has 0 aromatic heterocycles. The van der Waals surface area contributed by atoms with Crippen LogP contribution in [0.4, 0.5) is 11.4 Å². The third-order valence-corrected chi connectivity index (χ3v) is 3.18. The Kier molecular flexibility index (Phi) is 4.57. The van der Waals surface area contributed by atoms with Gasteiger partial charge in [-0.15, -0.1) is 0 Å². The number of amides is 2. The molecule has 0 heterocycles. The van der Waals surface area contributed by atoms with E-state index in [-0.39, 0.29) is 11.4 Å². The summed E-state index contributed by atoms with van der Waals surface area (Å²) in [6.45, 7) is 0. The van der Waals surface area contributed by atoms with Crippen molar-refractivity contribution >= 4 is 45.8 Å². The predicted octanol–water partition coefficient (Wildman–Crippen LogP) is 2.57. The fourth-order valence-electron chi connectivity index (χ4n) is 1.48. The van der Waals surface area contributed by atoms with E-state index in [2.05, 4.69) is 33.2 Å². The maximum atomic E-state index is 11.7. The van der Waals surface area contributed by atoms with Crippen molar-refractivity contribution in [3.63, 3.8) is 0 Å². The molecule has 0 unspecified atom stereocenters. The standard InChI is InChI=1S/C14H11IN2O3/c15-9-5-7-10(8-6-9)16-13(19)14(20)17-11-3-1-2-4-12(11)18/h1-8,18H,(H,16,19)(H,17,20). The van der Waals surface area contributed by atoms with Crippen molar-refractivity contribution in [2.45, 2.75) is 0 Å². The Hall–Kier alpha value is -2.09. The van der Waals surface area contributed by atoms with Crippen molar-refractivity contribution in [2.75, 3.05) is 10.6 Å². The van der Waals surface area contributed by atoms with Crippen LogP contribution in [0.3, 0.4) is 0 Å². The molecule has 0 aliphatic rings. The predicted molar refractivity (Wildman–Crippen MR) is 84.5 cm³/mol. The lowest BCUT2D eigenvalue weighted by Gasteiger charge is -2.07. The van der Waals surface area contributed by atoms with Gasteiger partial charge >= 0.3 is 11.8 Å². The van der Waals surface area contributed by atoms with E-state index in [4.69, 9.17) is 0 Å². The largest absolute Gasteiger partial charge is 0.506 e. The molecule has 20 heavy (non-hydrogen) atoms. The summed E-state index contributed by atoms with van der Waals surface area (Å²) in [5, 5.41) is 14.3. The fraction of sp³-hybridized carbons (Fsp3) is 0. The van der Waals surface area contributed by atoms with Crippen LogP contribution in [-0.2, 0) is 9.59 Å². The van der Waals surface area contributed by atoms with Crippen LogP contribution in [0.15, 0.2) is 48.5 Å². The third-order valence-electron chi connectivity index (χ3n) is 2.46. The Labute approximate surface area is 129 Å². The molecule has 2 amide bonds. The second-order valence-electron chi connectivity index (χ2n) is 3.93. The van der Waals surface area contributed by atoms with E-state index in [1.165, 1.54) is 12.1 Å². The third kappa shape index (κ3) is 3.70. The smallest absolute Gasteiger partial charge is 0.314 e. The van der Waals surface area contributed by atoms with Gasteiger partial charge in [0.15, 0.2) is 0 Å². The molecule has 6 heteroatoms. The Bertz CT molecular complexity index is 641. The summed E-state index contributed by atoms with van der Waals surface area (Å²) in [6.07, 6.45) is 0. The van der Waals surface area contributed by atoms with Crippen molar-refractivity contribution in [3.05, 3.63) is 52.1 Å². The quantitative estimate of drug-likeness (QED) is 0.425. The number of carbonyl (C=O) groups is 2. The molecule has 0 fully saturated rings. The Balaban J connectivity index is 2.01. The average Bonchev–Trinajstić information content (AvgIpc) is 2.44. The van der Waals surface area contributed by atoms with E-state index in [9.17, 15) is 14.7 Å². The molecular formula is C14H11IN2O3. The number of rotatable bonds is 2. The van der Waals surface area contributed by atoms with Gasteiger partial charge in [0.25, 0.3) is 0 Å². The second kappa shape index (κ2) is 6.38. The summed E-state index contributed by atoms with van der Waals surface area (Å²) < 4.78 is 1.03. The van der Waals surface area contributed by atoms with Crippen LogP contribution in [0.5, 0.6) is 5.75 Å². The van der Waals surface area contributed by atoms with Crippen LogP contribution in [0.2, 0.25) is 0 Å². The zero-order chi connectivity index (χ0) is 14.5. The number of nitrogens with one attached hydrogen (secondary N) is 2. The van der Waals surface area contributed by atoms with Gasteiger partial charge in [0.2, 0.25) is 0 Å². The summed E-state index contributed by atoms with van der Waals surface area (Å²) in [5.74, 6) is -1.73. The van der Waals surface area contributed by atoms with E-state index >= 15 is 0 Å². The fourth-order valence-corrected chi connectivity index (χ4v) is 1.84. The van der Waals surface area contributed by atoms with Gasteiger partial charge in [0.1, 0.15) is 5.75 Å². The average molecular weight is 382 g/mol. The van der Waals surface area contributed by atoms with Gasteiger partial charge in [0.05, 0.1) is 5.69 Å². The van der Waals surface area contributed by atoms with Crippen LogP contribution in [0.1, 0.15) is 0 Å². The minimum absolute atomic E-state index is 0.0945. The first-order valence-electron chi connectivity index (χ1n) is 5.72. The summed E-state index contributed by atoms with van der Waals surface area (Å²) in [7, 11) is 0. The van der Waals surface area contributed by atoms with Gasteiger partial charge in [-0.05, 0) is 59.0 Å². The maximum Gasteiger partial charge on any atom is 0.314 e. The van der Waals surface area contributed by atoms with Gasteiger partial charge in [0, 0.05) is 9.26 Å². The monoisotopic (exact) mass is 382 g/mol. The summed E-state index contributed by atoms with van der Waals surface area (Å²) in [4.78, 5) is 23.4. The number of benzene rings is 2. The molecule has 5 nitrogen and oxygen atoms in total. The SMILES string of the molecule is O=C(Nc1ccc(I)cc1)C(=O)Nc1ccccc1O. The van der Waals surface area contributed by atoms with Crippen molar-refractivity contribution in [1.82, 2.24) is 0 Å². The molecule has 102 valence electrons. The molecule has 0 atom stereocenters. The van der Waals surface area contributed by atoms with E-state index < -0.39 is 11.8 Å². The van der Waals surface area contributed by atoms with Crippen LogP contribution >= 0.6 is 22.6 Å². The number of aromatic hydroxyl groups is 1. The van der Waals surface area contributed by atoms with Crippen molar-refractivity contribution in [2.24, 2.45) is 0 Å². The van der Waals surface area contributed by atoms with E-state index in [0.29, 0.717) is 5.69 Å². The molecule has 0 bridgehead atoms. The van der Waals surface area contributed by atoms with Crippen molar-refractivity contribution in [3.8, 4) is 5.75 Å². The number of hydrogen-bond donors (Lipinski definition) is 3. The molecule has 0 saturated carbocycles. The summed E-state index contributed by atoms with van der Waals surface area (Å²) in [6, 6.07) is 13.2. The highest BCUT2D eigenvalue weighted by atomic mass is 127. The van der Waals surface area contributed by atoms with Crippen LogP contribution in [0.25, 0.3) is 0 Å². The minimum atomic E-state index is -0.843. The molecule has 0 saturated heterocycles. The Morgan fingerprint density at radius 3 is 2.15 bits per heavy atom. The van der Waals surface area contributed by atoms with Crippen LogP contribution in [-0.4, -0.2) is 16.9 Å². The summed E-state index contributed by atoms with van der Waals surface area (Å²) in [5.41, 5.74) is 0.720. The number of para-hydroxylation sites is 2. The van der Waals surface area contributed by atoms with E-state index in [1.807, 2.05) is 12.1 Å². The second-order valence-corrected chi connectivity index (χ2v) is 5.18. The summed E-state index contributed by atoms with van der Waals surface area (Å²) >= 11 is 2.14. The minimum Gasteiger partial charge on any atom is -0.506 e. The number of halogens is 1. The molecule has 0 aliphatic carbocycles. The van der Waals surface area contributed by atoms with Gasteiger partial charge in [-0.1, -0.05) is 12.1 Å². The number of phenolic OH excluding ortho intramolecular Hbond substituents is 1. The van der Waals surface area contributed by atoms with Gasteiger partial charge in [-0.25, -0.2) is 0 Å². The van der Waals surface area contributed by atoms with Crippen molar-refractivity contribution < 1.29 is 14.7 Å². The molecule has 2 aromatic carbocycles. The van der Waals surface area contributed by atoms with Gasteiger partial charge in [-0.3, -0.25) is 9.59 Å². The number of phenols is 1. The number of hydrogen-bond acceptors (Lipinski definition) is 3. The van der Waals surface area contributed by atoms with Gasteiger partial charge < -0.3 is 15.7 Å². The molecule has 2 rings (SSSR count). The Morgan fingerprint density at radius 2 is 1.50 bits per heavy atom. The first kappa shape index (κ1) is 14.3. The highest BCUT2D eigenvalue weighted by Crippen LogP contribution is 2.21. The zero-order valence-electron chi connectivity index (χ0n) is 10.3. The molecule has 0 radical (unpaired) electrons. The molecule has 2 aromatic rings. The first-order valence-corrected chi connectivity index (χ1v) is 6.80. The molecule has 0 spiro atoms. The zero-order valence-corrected chi connectivity index (χ0v) is 12.4. The maximum absolute atomic E-state index is 11.7.